The Morgan fingerprint density at radius 2 is 1.87 bits per heavy atom. The number of carbonyl (C=O) groups excluding carboxylic acids is 2. The first kappa shape index (κ1) is 21.8. The van der Waals surface area contributed by atoms with Crippen LogP contribution in [0.4, 0.5) is 11.4 Å². The third kappa shape index (κ3) is 6.03. The van der Waals surface area contributed by atoms with Gasteiger partial charge in [-0.2, -0.15) is 0 Å². The maximum atomic E-state index is 12.7. The van der Waals surface area contributed by atoms with E-state index in [0.29, 0.717) is 29.5 Å². The van der Waals surface area contributed by atoms with E-state index >= 15 is 0 Å². The molecule has 0 unspecified atom stereocenters. The molecule has 1 saturated carbocycles. The molecule has 3 N–H and O–H groups in total. The topological polar surface area (TPSA) is 79.5 Å². The van der Waals surface area contributed by atoms with E-state index in [-0.39, 0.29) is 22.8 Å². The number of thiocarbonyl (C=S) groups is 1. The first-order chi connectivity index (χ1) is 14.3. The van der Waals surface area contributed by atoms with Crippen LogP contribution in [0.5, 0.6) is 5.75 Å². The van der Waals surface area contributed by atoms with Gasteiger partial charge in [0.05, 0.1) is 12.2 Å². The van der Waals surface area contributed by atoms with Crippen molar-refractivity contribution in [1.82, 2.24) is 5.32 Å². The summed E-state index contributed by atoms with van der Waals surface area (Å²) in [6.07, 6.45) is 1.89. The average molecular weight is 426 g/mol. The highest BCUT2D eigenvalue weighted by atomic mass is 32.1. The fraction of sp³-hybridized carbons (Fsp3) is 0.348. The molecule has 2 amide bonds. The molecule has 0 atom stereocenters. The molecular weight excluding hydrogens is 398 g/mol. The summed E-state index contributed by atoms with van der Waals surface area (Å²) in [5.74, 6) is 0.691. The zero-order valence-electron chi connectivity index (χ0n) is 17.5. The molecule has 158 valence electrons. The van der Waals surface area contributed by atoms with Crippen LogP contribution in [0.2, 0.25) is 0 Å². The van der Waals surface area contributed by atoms with Crippen molar-refractivity contribution in [2.75, 3.05) is 17.2 Å². The van der Waals surface area contributed by atoms with Gasteiger partial charge in [-0.3, -0.25) is 14.9 Å². The number of nitrogens with one attached hydrogen (secondary N) is 3. The summed E-state index contributed by atoms with van der Waals surface area (Å²) >= 11 is 5.31. The molecule has 2 aromatic rings. The highest BCUT2D eigenvalue weighted by Crippen LogP contribution is 2.31. The standard InChI is InChI=1S/C23H27N3O3S/c1-14(2)13-29-20-7-5-4-6-18(20)22(28)26-23(30)24-17-11-8-15(3)19(12-17)25-21(27)16-9-10-16/h4-8,11-12,14,16H,9-10,13H2,1-3H3,(H,25,27)(H2,24,26,28,30). The number of para-hydroxylation sites is 1. The summed E-state index contributed by atoms with van der Waals surface area (Å²) in [7, 11) is 0. The van der Waals surface area contributed by atoms with Crippen molar-refractivity contribution in [3.05, 3.63) is 53.6 Å². The van der Waals surface area contributed by atoms with E-state index in [1.54, 1.807) is 18.2 Å². The number of rotatable bonds is 7. The maximum Gasteiger partial charge on any atom is 0.261 e. The fourth-order valence-corrected chi connectivity index (χ4v) is 2.99. The van der Waals surface area contributed by atoms with Crippen LogP contribution in [0.25, 0.3) is 0 Å². The van der Waals surface area contributed by atoms with Crippen molar-refractivity contribution in [2.45, 2.75) is 33.6 Å². The zero-order chi connectivity index (χ0) is 21.7. The second-order valence-corrected chi connectivity index (χ2v) is 8.31. The van der Waals surface area contributed by atoms with Gasteiger partial charge in [-0.25, -0.2) is 0 Å². The quantitative estimate of drug-likeness (QED) is 0.569. The molecule has 7 heteroatoms. The van der Waals surface area contributed by atoms with Crippen LogP contribution in [-0.4, -0.2) is 23.5 Å². The molecule has 0 spiro atoms. The second-order valence-electron chi connectivity index (χ2n) is 7.90. The largest absolute Gasteiger partial charge is 0.492 e. The number of hydrogen-bond donors (Lipinski definition) is 3. The molecule has 0 aliphatic heterocycles. The van der Waals surface area contributed by atoms with E-state index in [4.69, 9.17) is 17.0 Å². The maximum absolute atomic E-state index is 12.7. The normalized spacial score (nSPS) is 12.9. The predicted octanol–water partition coefficient (Wildman–Crippen LogP) is 4.51. The molecule has 1 aliphatic rings. The number of benzene rings is 2. The number of hydrogen-bond acceptors (Lipinski definition) is 4. The Morgan fingerprint density at radius 1 is 1.13 bits per heavy atom. The van der Waals surface area contributed by atoms with Crippen LogP contribution in [-0.2, 0) is 4.79 Å². The van der Waals surface area contributed by atoms with Crippen LogP contribution < -0.4 is 20.7 Å². The van der Waals surface area contributed by atoms with E-state index in [2.05, 4.69) is 16.0 Å². The molecule has 30 heavy (non-hydrogen) atoms. The first-order valence-electron chi connectivity index (χ1n) is 10.1. The van der Waals surface area contributed by atoms with E-state index < -0.39 is 0 Å². The van der Waals surface area contributed by atoms with E-state index in [9.17, 15) is 9.59 Å². The molecule has 0 bridgehead atoms. The Balaban J connectivity index is 1.63. The van der Waals surface area contributed by atoms with Crippen LogP contribution in [0, 0.1) is 18.8 Å². The number of anilines is 2. The van der Waals surface area contributed by atoms with Gasteiger partial charge in [0.1, 0.15) is 5.75 Å². The first-order valence-corrected chi connectivity index (χ1v) is 10.5. The van der Waals surface area contributed by atoms with Gasteiger partial charge in [0, 0.05) is 17.3 Å². The SMILES string of the molecule is Cc1ccc(NC(=S)NC(=O)c2ccccc2OCC(C)C)cc1NC(=O)C1CC1. The molecule has 0 radical (unpaired) electrons. The lowest BCUT2D eigenvalue weighted by atomic mass is 10.1. The van der Waals surface area contributed by atoms with Gasteiger partial charge >= 0.3 is 0 Å². The number of amides is 2. The van der Waals surface area contributed by atoms with Gasteiger partial charge < -0.3 is 15.4 Å². The molecule has 1 fully saturated rings. The minimum Gasteiger partial charge on any atom is -0.492 e. The lowest BCUT2D eigenvalue weighted by molar-refractivity contribution is -0.117. The minimum atomic E-state index is -0.346. The highest BCUT2D eigenvalue weighted by molar-refractivity contribution is 7.80. The molecule has 1 aliphatic carbocycles. The van der Waals surface area contributed by atoms with Crippen molar-refractivity contribution in [1.29, 1.82) is 0 Å². The van der Waals surface area contributed by atoms with Gasteiger partial charge in [0.2, 0.25) is 5.91 Å². The van der Waals surface area contributed by atoms with Crippen LogP contribution in [0.15, 0.2) is 42.5 Å². The summed E-state index contributed by atoms with van der Waals surface area (Å²) in [6.45, 7) is 6.54. The smallest absolute Gasteiger partial charge is 0.261 e. The van der Waals surface area contributed by atoms with Crippen molar-refractivity contribution >= 4 is 40.5 Å². The molecular formula is C23H27N3O3S. The summed E-state index contributed by atoms with van der Waals surface area (Å²) in [4.78, 5) is 24.7. The van der Waals surface area contributed by atoms with Crippen molar-refractivity contribution in [3.8, 4) is 5.75 Å². The predicted molar refractivity (Wildman–Crippen MR) is 123 cm³/mol. The Hall–Kier alpha value is -2.93. The van der Waals surface area contributed by atoms with Crippen molar-refractivity contribution in [3.63, 3.8) is 0 Å². The average Bonchev–Trinajstić information content (AvgIpc) is 3.54. The van der Waals surface area contributed by atoms with Gasteiger partial charge in [-0.05, 0) is 67.7 Å². The molecule has 0 aromatic heterocycles. The van der Waals surface area contributed by atoms with E-state index in [1.165, 1.54) is 0 Å². The van der Waals surface area contributed by atoms with Gasteiger partial charge in [-0.15, -0.1) is 0 Å². The van der Waals surface area contributed by atoms with Crippen LogP contribution in [0.3, 0.4) is 0 Å². The monoisotopic (exact) mass is 425 g/mol. The summed E-state index contributed by atoms with van der Waals surface area (Å²) < 4.78 is 5.75. The van der Waals surface area contributed by atoms with E-state index in [0.717, 1.165) is 24.1 Å². The number of carbonyl (C=O) groups is 2. The Morgan fingerprint density at radius 3 is 2.57 bits per heavy atom. The van der Waals surface area contributed by atoms with Gasteiger partial charge in [-0.1, -0.05) is 32.0 Å². The highest BCUT2D eigenvalue weighted by Gasteiger charge is 2.29. The molecule has 0 saturated heterocycles. The zero-order valence-corrected chi connectivity index (χ0v) is 18.3. The molecule has 3 rings (SSSR count). The van der Waals surface area contributed by atoms with E-state index in [1.807, 2.05) is 45.0 Å². The second kappa shape index (κ2) is 9.71. The number of ether oxygens (including phenoxy) is 1. The third-order valence-electron chi connectivity index (χ3n) is 4.63. The number of aryl methyl sites for hydroxylation is 1. The lowest BCUT2D eigenvalue weighted by Crippen LogP contribution is -2.34. The summed E-state index contributed by atoms with van der Waals surface area (Å²) in [5, 5.41) is 8.82. The molecule has 2 aromatic carbocycles. The molecule has 6 nitrogen and oxygen atoms in total. The lowest BCUT2D eigenvalue weighted by Gasteiger charge is -2.15. The van der Waals surface area contributed by atoms with Gasteiger partial charge in [0.15, 0.2) is 5.11 Å². The Kier molecular flexibility index (Phi) is 7.05. The summed E-state index contributed by atoms with van der Waals surface area (Å²) in [5.41, 5.74) is 2.80. The van der Waals surface area contributed by atoms with Crippen molar-refractivity contribution in [2.24, 2.45) is 11.8 Å². The van der Waals surface area contributed by atoms with Gasteiger partial charge in [0.25, 0.3) is 5.91 Å². The van der Waals surface area contributed by atoms with Crippen LogP contribution in [0.1, 0.15) is 42.6 Å². The fourth-order valence-electron chi connectivity index (χ4n) is 2.78. The third-order valence-corrected chi connectivity index (χ3v) is 4.84. The minimum absolute atomic E-state index is 0.0455. The van der Waals surface area contributed by atoms with Crippen molar-refractivity contribution < 1.29 is 14.3 Å². The Bertz CT molecular complexity index is 954. The Labute approximate surface area is 182 Å². The summed E-state index contributed by atoms with van der Waals surface area (Å²) in [6, 6.07) is 12.6. The molecule has 0 heterocycles. The van der Waals surface area contributed by atoms with Crippen LogP contribution >= 0.6 is 12.2 Å².